The number of hydrogen-bond acceptors (Lipinski definition) is 3. The largest absolute Gasteiger partial charge is 0.352 e. The van der Waals surface area contributed by atoms with Crippen LogP contribution in [0.4, 0.5) is 0 Å². The van der Waals surface area contributed by atoms with Gasteiger partial charge in [-0.15, -0.1) is 11.8 Å². The van der Waals surface area contributed by atoms with Crippen molar-refractivity contribution in [2.24, 2.45) is 0 Å². The van der Waals surface area contributed by atoms with Crippen LogP contribution in [-0.4, -0.2) is 34.6 Å². The van der Waals surface area contributed by atoms with E-state index in [1.165, 1.54) is 11.1 Å². The third-order valence-electron chi connectivity index (χ3n) is 6.92. The van der Waals surface area contributed by atoms with E-state index >= 15 is 0 Å². The number of halogens is 2. The topological polar surface area (TPSA) is 49.4 Å². The van der Waals surface area contributed by atoms with Crippen molar-refractivity contribution in [3.63, 3.8) is 0 Å². The van der Waals surface area contributed by atoms with E-state index in [-0.39, 0.29) is 30.2 Å². The summed E-state index contributed by atoms with van der Waals surface area (Å²) in [6.07, 6.45) is 4.65. The first kappa shape index (κ1) is 28.5. The summed E-state index contributed by atoms with van der Waals surface area (Å²) in [7, 11) is 0. The molecule has 1 fully saturated rings. The van der Waals surface area contributed by atoms with Crippen LogP contribution in [0, 0.1) is 6.92 Å². The molecule has 0 aliphatic heterocycles. The molecule has 2 amide bonds. The maximum atomic E-state index is 13.8. The molecule has 3 aromatic carbocycles. The predicted molar refractivity (Wildman–Crippen MR) is 159 cm³/mol. The highest BCUT2D eigenvalue weighted by atomic mass is 35.5. The van der Waals surface area contributed by atoms with Crippen LogP contribution in [0.2, 0.25) is 10.0 Å². The van der Waals surface area contributed by atoms with Gasteiger partial charge in [0.2, 0.25) is 11.8 Å². The third-order valence-corrected chi connectivity index (χ3v) is 8.65. The quantitative estimate of drug-likeness (QED) is 0.265. The minimum Gasteiger partial charge on any atom is -0.352 e. The fourth-order valence-corrected chi connectivity index (χ4v) is 5.97. The Bertz CT molecular complexity index is 1210. The minimum atomic E-state index is -0.639. The molecular formula is C31H34Cl2N2O2S. The molecule has 0 aromatic heterocycles. The van der Waals surface area contributed by atoms with E-state index < -0.39 is 6.04 Å². The van der Waals surface area contributed by atoms with Crippen LogP contribution >= 0.6 is 35.0 Å². The zero-order valence-electron chi connectivity index (χ0n) is 21.7. The second-order valence-electron chi connectivity index (χ2n) is 9.94. The lowest BCUT2D eigenvalue weighted by Gasteiger charge is -2.32. The van der Waals surface area contributed by atoms with E-state index in [2.05, 4.69) is 36.5 Å². The number of carbonyl (C=O) groups excluding carboxylic acids is 2. The lowest BCUT2D eigenvalue weighted by molar-refractivity contribution is -0.139. The van der Waals surface area contributed by atoms with Crippen LogP contribution in [0.5, 0.6) is 0 Å². The molecule has 0 radical (unpaired) electrons. The Morgan fingerprint density at radius 1 is 0.921 bits per heavy atom. The summed E-state index contributed by atoms with van der Waals surface area (Å²) in [6.45, 7) is 2.33. The third kappa shape index (κ3) is 8.26. The molecule has 1 aliphatic carbocycles. The van der Waals surface area contributed by atoms with Gasteiger partial charge in [0.1, 0.15) is 6.04 Å². The fraction of sp³-hybridized carbons (Fsp3) is 0.355. The first-order valence-corrected chi connectivity index (χ1v) is 15.0. The number of rotatable bonds is 11. The van der Waals surface area contributed by atoms with Gasteiger partial charge in [-0.3, -0.25) is 9.59 Å². The van der Waals surface area contributed by atoms with E-state index in [0.29, 0.717) is 16.5 Å². The highest BCUT2D eigenvalue weighted by Crippen LogP contribution is 2.25. The zero-order chi connectivity index (χ0) is 26.9. The second kappa shape index (κ2) is 14.1. The molecule has 1 atom stereocenters. The number of aryl methyl sites for hydroxylation is 1. The number of carbonyl (C=O) groups is 2. The van der Waals surface area contributed by atoms with Crippen molar-refractivity contribution in [3.8, 4) is 0 Å². The van der Waals surface area contributed by atoms with Gasteiger partial charge in [-0.1, -0.05) is 102 Å². The summed E-state index contributed by atoms with van der Waals surface area (Å²) in [4.78, 5) is 29.2. The minimum absolute atomic E-state index is 0.0734. The molecule has 7 heteroatoms. The molecule has 0 heterocycles. The number of thioether (sulfide) groups is 1. The molecule has 0 unspecified atom stereocenters. The van der Waals surface area contributed by atoms with Crippen molar-refractivity contribution >= 4 is 46.8 Å². The molecule has 0 saturated heterocycles. The SMILES string of the molecule is Cc1ccc(CSCC(=O)N(Cc2ccc(Cl)c(Cl)c2)[C@@H](Cc2ccccc2)C(=O)NC2CCCC2)cc1. The molecule has 38 heavy (non-hydrogen) atoms. The maximum Gasteiger partial charge on any atom is 0.243 e. The molecule has 4 nitrogen and oxygen atoms in total. The van der Waals surface area contributed by atoms with Gasteiger partial charge in [-0.05, 0) is 48.6 Å². The second-order valence-corrected chi connectivity index (χ2v) is 11.7. The normalized spacial score (nSPS) is 14.3. The summed E-state index contributed by atoms with van der Waals surface area (Å²) >= 11 is 14.0. The van der Waals surface area contributed by atoms with Gasteiger partial charge in [0.15, 0.2) is 0 Å². The Kier molecular flexibility index (Phi) is 10.6. The van der Waals surface area contributed by atoms with Gasteiger partial charge in [0.25, 0.3) is 0 Å². The molecule has 3 aromatic rings. The molecule has 0 spiro atoms. The molecule has 0 bridgehead atoms. The van der Waals surface area contributed by atoms with Crippen molar-refractivity contribution in [1.82, 2.24) is 10.2 Å². The Hall–Kier alpha value is -2.47. The molecule has 1 N–H and O–H groups in total. The van der Waals surface area contributed by atoms with E-state index in [0.717, 1.165) is 42.6 Å². The van der Waals surface area contributed by atoms with Crippen LogP contribution in [0.1, 0.15) is 47.9 Å². The molecule has 4 rings (SSSR count). The van der Waals surface area contributed by atoms with E-state index in [9.17, 15) is 9.59 Å². The Morgan fingerprint density at radius 2 is 1.61 bits per heavy atom. The van der Waals surface area contributed by atoms with Crippen molar-refractivity contribution in [3.05, 3.63) is 105 Å². The summed E-state index contributed by atoms with van der Waals surface area (Å²) in [6, 6.07) is 23.1. The van der Waals surface area contributed by atoms with Crippen LogP contribution in [0.3, 0.4) is 0 Å². The van der Waals surface area contributed by atoms with E-state index in [1.54, 1.807) is 28.8 Å². The molecular weight excluding hydrogens is 535 g/mol. The number of hydrogen-bond donors (Lipinski definition) is 1. The van der Waals surface area contributed by atoms with Crippen LogP contribution < -0.4 is 5.32 Å². The number of nitrogens with one attached hydrogen (secondary N) is 1. The van der Waals surface area contributed by atoms with Gasteiger partial charge in [0, 0.05) is 24.8 Å². The summed E-state index contributed by atoms with van der Waals surface area (Å²) in [5.74, 6) is 0.829. The van der Waals surface area contributed by atoms with Crippen LogP contribution in [0.15, 0.2) is 72.8 Å². The lowest BCUT2D eigenvalue weighted by Crippen LogP contribution is -2.52. The Morgan fingerprint density at radius 3 is 2.29 bits per heavy atom. The van der Waals surface area contributed by atoms with Crippen molar-refractivity contribution in [2.45, 2.75) is 63.4 Å². The van der Waals surface area contributed by atoms with Crippen LogP contribution in [-0.2, 0) is 28.3 Å². The highest BCUT2D eigenvalue weighted by Gasteiger charge is 2.32. The highest BCUT2D eigenvalue weighted by molar-refractivity contribution is 7.99. The predicted octanol–water partition coefficient (Wildman–Crippen LogP) is 7.23. The van der Waals surface area contributed by atoms with Gasteiger partial charge in [-0.25, -0.2) is 0 Å². The molecule has 1 aliphatic rings. The van der Waals surface area contributed by atoms with Gasteiger partial charge in [0.05, 0.1) is 15.8 Å². The summed E-state index contributed by atoms with van der Waals surface area (Å²) in [5.41, 5.74) is 4.23. The monoisotopic (exact) mass is 568 g/mol. The Labute approximate surface area is 240 Å². The van der Waals surface area contributed by atoms with Gasteiger partial charge >= 0.3 is 0 Å². The van der Waals surface area contributed by atoms with Crippen LogP contribution in [0.25, 0.3) is 0 Å². The summed E-state index contributed by atoms with van der Waals surface area (Å²) < 4.78 is 0. The standard InChI is InChI=1S/C31H34Cl2N2O2S/c1-22-11-13-24(14-12-22)20-38-21-30(36)35(19-25-15-16-27(32)28(33)17-25)29(18-23-7-3-2-4-8-23)31(37)34-26-9-5-6-10-26/h2-4,7-8,11-17,26,29H,5-6,9-10,18-21H2,1H3,(H,34,37)/t29-/m0/s1. The van der Waals surface area contributed by atoms with E-state index in [4.69, 9.17) is 23.2 Å². The Balaban J connectivity index is 1.57. The number of amides is 2. The van der Waals surface area contributed by atoms with Gasteiger partial charge in [-0.2, -0.15) is 0 Å². The maximum absolute atomic E-state index is 13.8. The summed E-state index contributed by atoms with van der Waals surface area (Å²) in [5, 5.41) is 4.13. The number of benzene rings is 3. The number of nitrogens with zero attached hydrogens (tertiary/aromatic N) is 1. The van der Waals surface area contributed by atoms with Crippen molar-refractivity contribution in [2.75, 3.05) is 5.75 Å². The van der Waals surface area contributed by atoms with Crippen molar-refractivity contribution in [1.29, 1.82) is 0 Å². The zero-order valence-corrected chi connectivity index (χ0v) is 24.0. The first-order chi connectivity index (χ1) is 18.4. The van der Waals surface area contributed by atoms with Crippen molar-refractivity contribution < 1.29 is 9.59 Å². The lowest BCUT2D eigenvalue weighted by atomic mass is 10.0. The average molecular weight is 570 g/mol. The average Bonchev–Trinajstić information content (AvgIpc) is 3.43. The first-order valence-electron chi connectivity index (χ1n) is 13.1. The fourth-order valence-electron chi connectivity index (χ4n) is 4.78. The van der Waals surface area contributed by atoms with E-state index in [1.807, 2.05) is 36.4 Å². The molecule has 200 valence electrons. The molecule has 1 saturated carbocycles. The smallest absolute Gasteiger partial charge is 0.243 e. The van der Waals surface area contributed by atoms with Gasteiger partial charge < -0.3 is 10.2 Å².